The maximum absolute atomic E-state index is 12.6. The molecular weight excluding hydrogens is 382 g/mol. The number of hydrogen-bond donors (Lipinski definition) is 0. The molecule has 4 rings (SSSR count). The minimum Gasteiger partial charge on any atom is -0.497 e. The molecular formula is C23H25N3O4. The summed E-state index contributed by atoms with van der Waals surface area (Å²) in [5, 5.41) is 4.14. The van der Waals surface area contributed by atoms with E-state index < -0.39 is 0 Å². The number of hydrogen-bond acceptors (Lipinski definition) is 6. The van der Waals surface area contributed by atoms with Crippen molar-refractivity contribution in [2.24, 2.45) is 0 Å². The Morgan fingerprint density at radius 1 is 1.10 bits per heavy atom. The summed E-state index contributed by atoms with van der Waals surface area (Å²) in [5.74, 6) is 2.27. The van der Waals surface area contributed by atoms with Gasteiger partial charge in [-0.05, 0) is 43.5 Å². The zero-order chi connectivity index (χ0) is 21.3. The third-order valence-electron chi connectivity index (χ3n) is 5.50. The Balaban J connectivity index is 1.61. The SMILES string of the molecule is COc1cc(OC)cc(-c2noc(C3CCC(=O)N3Cc3ccc(C)cc3C)n2)c1. The lowest BCUT2D eigenvalue weighted by molar-refractivity contribution is -0.130. The maximum Gasteiger partial charge on any atom is 0.249 e. The van der Waals surface area contributed by atoms with Crippen LogP contribution >= 0.6 is 0 Å². The summed E-state index contributed by atoms with van der Waals surface area (Å²) in [4.78, 5) is 19.0. The molecule has 1 aliphatic rings. The van der Waals surface area contributed by atoms with Gasteiger partial charge >= 0.3 is 0 Å². The van der Waals surface area contributed by atoms with Gasteiger partial charge in [0.1, 0.15) is 17.5 Å². The zero-order valence-corrected chi connectivity index (χ0v) is 17.6. The van der Waals surface area contributed by atoms with Crippen LogP contribution in [0.3, 0.4) is 0 Å². The summed E-state index contributed by atoms with van der Waals surface area (Å²) < 4.78 is 16.2. The fourth-order valence-electron chi connectivity index (χ4n) is 3.82. The van der Waals surface area contributed by atoms with E-state index in [1.807, 2.05) is 17.0 Å². The molecule has 0 bridgehead atoms. The highest BCUT2D eigenvalue weighted by molar-refractivity contribution is 5.79. The molecule has 1 amide bonds. The molecule has 156 valence electrons. The number of methoxy groups -OCH3 is 2. The van der Waals surface area contributed by atoms with Crippen LogP contribution in [0.4, 0.5) is 0 Å². The van der Waals surface area contributed by atoms with Crippen molar-refractivity contribution in [3.05, 3.63) is 59.0 Å². The van der Waals surface area contributed by atoms with Crippen LogP contribution in [-0.2, 0) is 11.3 Å². The van der Waals surface area contributed by atoms with Gasteiger partial charge in [-0.1, -0.05) is 28.9 Å². The quantitative estimate of drug-likeness (QED) is 0.608. The number of aryl methyl sites for hydroxylation is 2. The average Bonchev–Trinajstić information content (AvgIpc) is 3.37. The van der Waals surface area contributed by atoms with Crippen LogP contribution in [0.1, 0.15) is 41.5 Å². The summed E-state index contributed by atoms with van der Waals surface area (Å²) in [5.41, 5.74) is 4.23. The van der Waals surface area contributed by atoms with E-state index in [1.54, 1.807) is 20.3 Å². The third kappa shape index (κ3) is 3.87. The van der Waals surface area contributed by atoms with Gasteiger partial charge in [0.15, 0.2) is 0 Å². The van der Waals surface area contributed by atoms with Crippen molar-refractivity contribution in [1.29, 1.82) is 0 Å². The van der Waals surface area contributed by atoms with Crippen molar-refractivity contribution >= 4 is 5.91 Å². The van der Waals surface area contributed by atoms with Crippen molar-refractivity contribution in [2.45, 2.75) is 39.3 Å². The molecule has 0 spiro atoms. The minimum absolute atomic E-state index is 0.0998. The molecule has 7 nitrogen and oxygen atoms in total. The average molecular weight is 407 g/mol. The zero-order valence-electron chi connectivity index (χ0n) is 17.6. The van der Waals surface area contributed by atoms with Crippen molar-refractivity contribution in [1.82, 2.24) is 15.0 Å². The van der Waals surface area contributed by atoms with Crippen LogP contribution in [0.2, 0.25) is 0 Å². The maximum atomic E-state index is 12.6. The molecule has 1 fully saturated rings. The first-order valence-corrected chi connectivity index (χ1v) is 9.91. The first-order chi connectivity index (χ1) is 14.5. The molecule has 0 radical (unpaired) electrons. The van der Waals surface area contributed by atoms with Gasteiger partial charge in [0, 0.05) is 24.6 Å². The molecule has 1 aromatic heterocycles. The van der Waals surface area contributed by atoms with E-state index in [9.17, 15) is 4.79 Å². The topological polar surface area (TPSA) is 77.7 Å². The molecule has 2 aromatic carbocycles. The predicted octanol–water partition coefficient (Wildman–Crippen LogP) is 4.23. The Morgan fingerprint density at radius 3 is 2.50 bits per heavy atom. The Morgan fingerprint density at radius 2 is 1.83 bits per heavy atom. The normalized spacial score (nSPS) is 16.2. The number of aromatic nitrogens is 2. The number of carbonyl (C=O) groups is 1. The van der Waals surface area contributed by atoms with Crippen molar-refractivity contribution in [3.8, 4) is 22.9 Å². The number of benzene rings is 2. The molecule has 7 heteroatoms. The van der Waals surface area contributed by atoms with Crippen molar-refractivity contribution in [2.75, 3.05) is 14.2 Å². The van der Waals surface area contributed by atoms with Gasteiger partial charge in [-0.2, -0.15) is 4.98 Å². The minimum atomic E-state index is -0.230. The highest BCUT2D eigenvalue weighted by atomic mass is 16.5. The second-order valence-electron chi connectivity index (χ2n) is 7.56. The van der Waals surface area contributed by atoms with Crippen LogP contribution in [0.25, 0.3) is 11.4 Å². The van der Waals surface area contributed by atoms with Gasteiger partial charge in [0.05, 0.1) is 14.2 Å². The van der Waals surface area contributed by atoms with E-state index in [4.69, 9.17) is 14.0 Å². The molecule has 0 aliphatic carbocycles. The number of nitrogens with zero attached hydrogens (tertiary/aromatic N) is 3. The molecule has 2 heterocycles. The first-order valence-electron chi connectivity index (χ1n) is 9.91. The van der Waals surface area contributed by atoms with Gasteiger partial charge in [-0.3, -0.25) is 4.79 Å². The third-order valence-corrected chi connectivity index (χ3v) is 5.50. The van der Waals surface area contributed by atoms with E-state index in [0.717, 1.165) is 11.1 Å². The lowest BCUT2D eigenvalue weighted by Gasteiger charge is -2.23. The Hall–Kier alpha value is -3.35. The summed E-state index contributed by atoms with van der Waals surface area (Å²) >= 11 is 0. The van der Waals surface area contributed by atoms with Crippen LogP contribution in [0, 0.1) is 13.8 Å². The molecule has 30 heavy (non-hydrogen) atoms. The lowest BCUT2D eigenvalue weighted by atomic mass is 10.0. The molecule has 1 aliphatic heterocycles. The second-order valence-corrected chi connectivity index (χ2v) is 7.56. The Bertz CT molecular complexity index is 1050. The highest BCUT2D eigenvalue weighted by Gasteiger charge is 2.36. The van der Waals surface area contributed by atoms with Gasteiger partial charge < -0.3 is 18.9 Å². The molecule has 0 saturated carbocycles. The standard InChI is InChI=1S/C23H25N3O4/c1-14-5-6-16(15(2)9-14)13-26-20(7-8-21(26)27)23-24-22(25-30-23)17-10-18(28-3)12-19(11-17)29-4/h5-6,9-12,20H,7-8,13H2,1-4H3. The van der Waals surface area contributed by atoms with Gasteiger partial charge in [-0.15, -0.1) is 0 Å². The number of likely N-dealkylation sites (tertiary alicyclic amines) is 1. The fraction of sp³-hybridized carbons (Fsp3) is 0.348. The van der Waals surface area contributed by atoms with Crippen LogP contribution in [0.5, 0.6) is 11.5 Å². The van der Waals surface area contributed by atoms with Gasteiger partial charge in [0.25, 0.3) is 0 Å². The van der Waals surface area contributed by atoms with E-state index in [-0.39, 0.29) is 11.9 Å². The van der Waals surface area contributed by atoms with Crippen LogP contribution in [0.15, 0.2) is 40.9 Å². The van der Waals surface area contributed by atoms with E-state index >= 15 is 0 Å². The van der Waals surface area contributed by atoms with Crippen LogP contribution < -0.4 is 9.47 Å². The van der Waals surface area contributed by atoms with Crippen molar-refractivity contribution < 1.29 is 18.8 Å². The number of carbonyl (C=O) groups excluding carboxylic acids is 1. The second kappa shape index (κ2) is 8.18. The number of amides is 1. The summed E-state index contributed by atoms with van der Waals surface area (Å²) in [6, 6.07) is 11.5. The van der Waals surface area contributed by atoms with Crippen molar-refractivity contribution in [3.63, 3.8) is 0 Å². The number of rotatable bonds is 6. The Kier molecular flexibility index (Phi) is 5.44. The lowest BCUT2D eigenvalue weighted by Crippen LogP contribution is -2.27. The number of ether oxygens (including phenoxy) is 2. The van der Waals surface area contributed by atoms with Crippen LogP contribution in [-0.4, -0.2) is 35.2 Å². The van der Waals surface area contributed by atoms with Gasteiger partial charge in [0.2, 0.25) is 17.6 Å². The summed E-state index contributed by atoms with van der Waals surface area (Å²) in [6.07, 6.45) is 1.13. The van der Waals surface area contributed by atoms with E-state index in [1.165, 1.54) is 11.1 Å². The highest BCUT2D eigenvalue weighted by Crippen LogP contribution is 2.35. The summed E-state index contributed by atoms with van der Waals surface area (Å²) in [6.45, 7) is 4.66. The molecule has 0 N–H and O–H groups in total. The van der Waals surface area contributed by atoms with E-state index in [2.05, 4.69) is 42.2 Å². The molecule has 1 unspecified atom stereocenters. The summed E-state index contributed by atoms with van der Waals surface area (Å²) in [7, 11) is 3.19. The predicted molar refractivity (Wildman–Crippen MR) is 111 cm³/mol. The molecule has 1 saturated heterocycles. The van der Waals surface area contributed by atoms with Gasteiger partial charge in [-0.25, -0.2) is 0 Å². The molecule has 1 atom stereocenters. The first kappa shape index (κ1) is 19.9. The van der Waals surface area contributed by atoms with E-state index in [0.29, 0.717) is 42.6 Å². The smallest absolute Gasteiger partial charge is 0.249 e. The Labute approximate surface area is 175 Å². The fourth-order valence-corrected chi connectivity index (χ4v) is 3.82. The molecule has 3 aromatic rings. The largest absolute Gasteiger partial charge is 0.497 e. The monoisotopic (exact) mass is 407 g/mol.